The Morgan fingerprint density at radius 1 is 1.17 bits per heavy atom. The van der Waals surface area contributed by atoms with E-state index in [2.05, 4.69) is 40.2 Å². The van der Waals surface area contributed by atoms with Crippen molar-refractivity contribution in [2.24, 2.45) is 0 Å². The Labute approximate surface area is 136 Å². The van der Waals surface area contributed by atoms with Gasteiger partial charge in [0, 0.05) is 23.7 Å². The lowest BCUT2D eigenvalue weighted by molar-refractivity contribution is 0.174. The minimum Gasteiger partial charge on any atom is -0.297 e. The van der Waals surface area contributed by atoms with Crippen LogP contribution in [0.15, 0.2) is 35.1 Å². The third kappa shape index (κ3) is 2.83. The molecule has 1 saturated heterocycles. The van der Waals surface area contributed by atoms with E-state index in [0.29, 0.717) is 6.04 Å². The molecular formula is C19H23N3O. The number of benzene rings is 1. The average molecular weight is 309 g/mol. The van der Waals surface area contributed by atoms with Crippen LogP contribution in [0.5, 0.6) is 0 Å². The number of nitrogens with zero attached hydrogens (tertiary/aromatic N) is 2. The molecule has 1 aromatic carbocycles. The van der Waals surface area contributed by atoms with Gasteiger partial charge in [0.1, 0.15) is 0 Å². The maximum absolute atomic E-state index is 11.2. The lowest BCUT2D eigenvalue weighted by Gasteiger charge is -2.35. The molecule has 4 heteroatoms. The monoisotopic (exact) mass is 309 g/mol. The highest BCUT2D eigenvalue weighted by Gasteiger charge is 2.30. The molecule has 0 spiro atoms. The number of hydrogen-bond donors (Lipinski definition) is 1. The second-order valence-corrected chi connectivity index (χ2v) is 6.92. The summed E-state index contributed by atoms with van der Waals surface area (Å²) < 4.78 is 0. The minimum absolute atomic E-state index is 0.158. The van der Waals surface area contributed by atoms with E-state index in [1.54, 1.807) is 6.07 Å². The summed E-state index contributed by atoms with van der Waals surface area (Å²) in [7, 11) is 0. The molecule has 23 heavy (non-hydrogen) atoms. The van der Waals surface area contributed by atoms with Gasteiger partial charge in [0.05, 0.1) is 5.69 Å². The van der Waals surface area contributed by atoms with E-state index < -0.39 is 0 Å². The van der Waals surface area contributed by atoms with Gasteiger partial charge >= 0.3 is 0 Å². The maximum Gasteiger partial charge on any atom is 0.264 e. The first-order valence-electron chi connectivity index (χ1n) is 8.64. The Bertz CT molecular complexity index is 747. The predicted molar refractivity (Wildman–Crippen MR) is 91.5 cm³/mol. The summed E-state index contributed by atoms with van der Waals surface area (Å²) in [6, 6.07) is 11.4. The van der Waals surface area contributed by atoms with Crippen LogP contribution in [0, 0.1) is 0 Å². The second kappa shape index (κ2) is 5.93. The quantitative estimate of drug-likeness (QED) is 0.928. The van der Waals surface area contributed by atoms with Gasteiger partial charge in [-0.3, -0.25) is 9.69 Å². The fraction of sp³-hybridized carbons (Fsp3) is 0.474. The van der Waals surface area contributed by atoms with Crippen LogP contribution < -0.4 is 5.56 Å². The largest absolute Gasteiger partial charge is 0.297 e. The smallest absolute Gasteiger partial charge is 0.264 e. The summed E-state index contributed by atoms with van der Waals surface area (Å²) in [6.45, 7) is 3.63. The van der Waals surface area contributed by atoms with Crippen molar-refractivity contribution in [2.75, 3.05) is 6.54 Å². The Balaban J connectivity index is 1.57. The van der Waals surface area contributed by atoms with Gasteiger partial charge in [-0.15, -0.1) is 0 Å². The zero-order valence-electron chi connectivity index (χ0n) is 13.6. The van der Waals surface area contributed by atoms with Crippen molar-refractivity contribution in [3.05, 3.63) is 51.8 Å². The summed E-state index contributed by atoms with van der Waals surface area (Å²) in [6.07, 6.45) is 6.25. The average Bonchev–Trinajstić information content (AvgIpc) is 3.01. The molecule has 2 atom stereocenters. The zero-order valence-corrected chi connectivity index (χ0v) is 13.6. The van der Waals surface area contributed by atoms with E-state index in [1.807, 2.05) is 0 Å². The van der Waals surface area contributed by atoms with Crippen molar-refractivity contribution in [2.45, 2.75) is 51.1 Å². The topological polar surface area (TPSA) is 49.0 Å². The van der Waals surface area contributed by atoms with Gasteiger partial charge in [-0.05, 0) is 68.8 Å². The number of aryl methyl sites for hydroxylation is 1. The molecule has 1 aromatic heterocycles. The highest BCUT2D eigenvalue weighted by Crippen LogP contribution is 2.31. The SMILES string of the molecule is C[C@@H]1CCCN1C1CCc2cc(-c3ccc(=O)[nH]n3)ccc2C1. The first-order valence-corrected chi connectivity index (χ1v) is 8.64. The molecule has 2 aliphatic rings. The Morgan fingerprint density at radius 2 is 2.09 bits per heavy atom. The third-order valence-electron chi connectivity index (χ3n) is 5.46. The molecule has 1 fully saturated rings. The Morgan fingerprint density at radius 3 is 2.83 bits per heavy atom. The van der Waals surface area contributed by atoms with Crippen LogP contribution in [0.4, 0.5) is 0 Å². The van der Waals surface area contributed by atoms with Gasteiger partial charge in [0.15, 0.2) is 0 Å². The van der Waals surface area contributed by atoms with Crippen LogP contribution in [0.3, 0.4) is 0 Å². The van der Waals surface area contributed by atoms with Crippen molar-refractivity contribution in [3.8, 4) is 11.3 Å². The zero-order chi connectivity index (χ0) is 15.8. The van der Waals surface area contributed by atoms with E-state index >= 15 is 0 Å². The first-order chi connectivity index (χ1) is 11.2. The van der Waals surface area contributed by atoms with Gasteiger partial charge in [-0.25, -0.2) is 5.10 Å². The number of aromatic nitrogens is 2. The van der Waals surface area contributed by atoms with Crippen LogP contribution >= 0.6 is 0 Å². The van der Waals surface area contributed by atoms with Crippen molar-refractivity contribution in [1.82, 2.24) is 15.1 Å². The lowest BCUT2D eigenvalue weighted by Crippen LogP contribution is -2.41. The molecule has 0 amide bonds. The van der Waals surface area contributed by atoms with Gasteiger partial charge < -0.3 is 0 Å². The lowest BCUT2D eigenvalue weighted by atomic mass is 9.86. The predicted octanol–water partition coefficient (Wildman–Crippen LogP) is 2.78. The van der Waals surface area contributed by atoms with Gasteiger partial charge in [0.25, 0.3) is 5.56 Å². The number of rotatable bonds is 2. The summed E-state index contributed by atoms with van der Waals surface area (Å²) >= 11 is 0. The summed E-state index contributed by atoms with van der Waals surface area (Å²) in [5.41, 5.74) is 4.69. The molecular weight excluding hydrogens is 286 g/mol. The minimum atomic E-state index is -0.158. The molecule has 1 aliphatic heterocycles. The molecule has 0 saturated carbocycles. The number of fused-ring (bicyclic) bond motifs is 1. The normalized spacial score (nSPS) is 24.6. The molecule has 1 N–H and O–H groups in total. The Hall–Kier alpha value is -1.94. The van der Waals surface area contributed by atoms with Crippen molar-refractivity contribution in [3.63, 3.8) is 0 Å². The summed E-state index contributed by atoms with van der Waals surface area (Å²) in [4.78, 5) is 13.9. The fourth-order valence-corrected chi connectivity index (χ4v) is 4.18. The van der Waals surface area contributed by atoms with Gasteiger partial charge in [0.2, 0.25) is 0 Å². The number of likely N-dealkylation sites (tertiary alicyclic amines) is 1. The standard InChI is InChI=1S/C19H23N3O/c1-13-3-2-10-22(13)17-7-6-14-11-16(5-4-15(14)12-17)18-8-9-19(23)21-20-18/h4-5,8-9,11,13,17H,2-3,6-7,10,12H2,1H3,(H,21,23)/t13-,17?/m1/s1. The van der Waals surface area contributed by atoms with E-state index in [0.717, 1.165) is 23.7 Å². The number of hydrogen-bond acceptors (Lipinski definition) is 3. The molecule has 2 heterocycles. The Kier molecular flexibility index (Phi) is 3.77. The third-order valence-corrected chi connectivity index (χ3v) is 5.46. The van der Waals surface area contributed by atoms with Crippen LogP contribution in [-0.2, 0) is 12.8 Å². The number of aromatic amines is 1. The fourth-order valence-electron chi connectivity index (χ4n) is 4.18. The molecule has 0 radical (unpaired) electrons. The molecule has 2 aromatic rings. The molecule has 4 rings (SSSR count). The first kappa shape index (κ1) is 14.6. The molecule has 0 bridgehead atoms. The van der Waals surface area contributed by atoms with Crippen LogP contribution in [0.25, 0.3) is 11.3 Å². The molecule has 4 nitrogen and oxygen atoms in total. The van der Waals surface area contributed by atoms with E-state index in [9.17, 15) is 4.79 Å². The van der Waals surface area contributed by atoms with Crippen molar-refractivity contribution < 1.29 is 0 Å². The summed E-state index contributed by atoms with van der Waals surface area (Å²) in [5, 5.41) is 6.65. The summed E-state index contributed by atoms with van der Waals surface area (Å²) in [5.74, 6) is 0. The van der Waals surface area contributed by atoms with Crippen LogP contribution in [0.2, 0.25) is 0 Å². The van der Waals surface area contributed by atoms with E-state index in [4.69, 9.17) is 0 Å². The van der Waals surface area contributed by atoms with E-state index in [1.165, 1.54) is 49.4 Å². The highest BCUT2D eigenvalue weighted by molar-refractivity contribution is 5.60. The van der Waals surface area contributed by atoms with E-state index in [-0.39, 0.29) is 5.56 Å². The number of H-pyrrole nitrogens is 1. The van der Waals surface area contributed by atoms with Gasteiger partial charge in [-0.1, -0.05) is 12.1 Å². The molecule has 1 aliphatic carbocycles. The second-order valence-electron chi connectivity index (χ2n) is 6.92. The highest BCUT2D eigenvalue weighted by atomic mass is 16.1. The molecule has 1 unspecified atom stereocenters. The van der Waals surface area contributed by atoms with Gasteiger partial charge in [-0.2, -0.15) is 5.10 Å². The van der Waals surface area contributed by atoms with Crippen molar-refractivity contribution in [1.29, 1.82) is 0 Å². The van der Waals surface area contributed by atoms with Crippen LogP contribution in [-0.4, -0.2) is 33.7 Å². The maximum atomic E-state index is 11.2. The molecule has 120 valence electrons. The number of nitrogens with one attached hydrogen (secondary N) is 1. The van der Waals surface area contributed by atoms with Crippen LogP contribution in [0.1, 0.15) is 37.3 Å². The van der Waals surface area contributed by atoms with Crippen molar-refractivity contribution >= 4 is 0 Å².